The van der Waals surface area contributed by atoms with Gasteiger partial charge in [-0.05, 0) is 51.1 Å². The Morgan fingerprint density at radius 1 is 1.24 bits per heavy atom. The summed E-state index contributed by atoms with van der Waals surface area (Å²) in [6, 6.07) is 7.65. The number of hydrogen-bond acceptors (Lipinski definition) is 4. The molecule has 0 aliphatic rings. The number of hydrazine groups is 1. The Morgan fingerprint density at radius 3 is 2.59 bits per heavy atom. The summed E-state index contributed by atoms with van der Waals surface area (Å²) in [5.74, 6) is 5.65. The minimum atomic E-state index is -0.109. The summed E-state index contributed by atoms with van der Waals surface area (Å²) in [7, 11) is 0. The molecule has 0 bridgehead atoms. The fourth-order valence-electron chi connectivity index (χ4n) is 1.61. The molecule has 0 saturated carbocycles. The van der Waals surface area contributed by atoms with Gasteiger partial charge in [0.15, 0.2) is 0 Å². The molecule has 0 aliphatic heterocycles. The van der Waals surface area contributed by atoms with Crippen molar-refractivity contribution < 1.29 is 0 Å². The number of hydrogen-bond donors (Lipinski definition) is 3. The summed E-state index contributed by atoms with van der Waals surface area (Å²) >= 11 is 8.58. The van der Waals surface area contributed by atoms with E-state index in [0.717, 1.165) is 25.1 Å². The maximum Gasteiger partial charge on any atom is 0.0834 e. The summed E-state index contributed by atoms with van der Waals surface area (Å²) in [6.45, 7) is 0. The van der Waals surface area contributed by atoms with E-state index in [0.29, 0.717) is 0 Å². The zero-order valence-electron chi connectivity index (χ0n) is 8.78. The van der Waals surface area contributed by atoms with Gasteiger partial charge in [0.25, 0.3) is 0 Å². The van der Waals surface area contributed by atoms with Crippen LogP contribution >= 0.6 is 43.2 Å². The lowest BCUT2D eigenvalue weighted by atomic mass is 10.0. The molecule has 3 nitrogen and oxygen atoms in total. The van der Waals surface area contributed by atoms with Crippen LogP contribution < -0.4 is 17.0 Å². The van der Waals surface area contributed by atoms with E-state index in [9.17, 15) is 0 Å². The minimum Gasteiger partial charge on any atom is -0.398 e. The van der Waals surface area contributed by atoms with Gasteiger partial charge in [0.2, 0.25) is 0 Å². The summed E-state index contributed by atoms with van der Waals surface area (Å²) < 4.78 is 2.01. The molecule has 5 N–H and O–H groups in total. The SMILES string of the molecule is NNC(c1cc(Br)ccc1N)c1sccc1Br. The molecule has 1 aromatic heterocycles. The second kappa shape index (κ2) is 5.49. The van der Waals surface area contributed by atoms with Crippen molar-refractivity contribution >= 4 is 48.9 Å². The summed E-state index contributed by atoms with van der Waals surface area (Å²) in [5.41, 5.74) is 10.5. The average Bonchev–Trinajstić information content (AvgIpc) is 2.71. The second-order valence-electron chi connectivity index (χ2n) is 3.51. The zero-order chi connectivity index (χ0) is 12.4. The summed E-state index contributed by atoms with van der Waals surface area (Å²) in [5, 5.41) is 2.01. The van der Waals surface area contributed by atoms with Crippen molar-refractivity contribution in [2.75, 3.05) is 5.73 Å². The van der Waals surface area contributed by atoms with Crippen LogP contribution in [-0.2, 0) is 0 Å². The van der Waals surface area contributed by atoms with E-state index in [1.807, 2.05) is 29.6 Å². The molecule has 1 atom stereocenters. The van der Waals surface area contributed by atoms with E-state index in [1.165, 1.54) is 0 Å². The normalized spacial score (nSPS) is 12.6. The summed E-state index contributed by atoms with van der Waals surface area (Å²) in [6.07, 6.45) is 0. The maximum absolute atomic E-state index is 6.00. The fourth-order valence-corrected chi connectivity index (χ4v) is 3.67. The van der Waals surface area contributed by atoms with E-state index in [2.05, 4.69) is 37.3 Å². The van der Waals surface area contributed by atoms with Gasteiger partial charge in [-0.2, -0.15) is 0 Å². The number of thiophene rings is 1. The molecule has 1 aromatic carbocycles. The lowest BCUT2D eigenvalue weighted by molar-refractivity contribution is 0.646. The number of nitrogen functional groups attached to an aromatic ring is 1. The van der Waals surface area contributed by atoms with Crippen molar-refractivity contribution in [3.8, 4) is 0 Å². The Labute approximate surface area is 120 Å². The molecule has 0 amide bonds. The third-order valence-electron chi connectivity index (χ3n) is 2.43. The van der Waals surface area contributed by atoms with Gasteiger partial charge >= 0.3 is 0 Å². The molecular formula is C11H11Br2N3S. The van der Waals surface area contributed by atoms with E-state index in [-0.39, 0.29) is 6.04 Å². The molecule has 0 saturated heterocycles. The van der Waals surface area contributed by atoms with Crippen LogP contribution in [0.4, 0.5) is 5.69 Å². The van der Waals surface area contributed by atoms with Crippen LogP contribution in [0.3, 0.4) is 0 Å². The van der Waals surface area contributed by atoms with Crippen molar-refractivity contribution in [1.82, 2.24) is 5.43 Å². The van der Waals surface area contributed by atoms with Crippen molar-refractivity contribution in [1.29, 1.82) is 0 Å². The van der Waals surface area contributed by atoms with Crippen molar-refractivity contribution in [2.24, 2.45) is 5.84 Å². The van der Waals surface area contributed by atoms with Crippen LogP contribution in [0.15, 0.2) is 38.6 Å². The predicted molar refractivity (Wildman–Crippen MR) is 79.7 cm³/mol. The Morgan fingerprint density at radius 2 is 2.00 bits per heavy atom. The Balaban J connectivity index is 2.49. The lowest BCUT2D eigenvalue weighted by Crippen LogP contribution is -2.29. The molecule has 90 valence electrons. The molecule has 0 fully saturated rings. The number of anilines is 1. The molecular weight excluding hydrogens is 366 g/mol. The standard InChI is InChI=1S/C11H11Br2N3S/c12-6-1-2-9(14)7(5-6)10(16-15)11-8(13)3-4-17-11/h1-5,10,16H,14-15H2. The number of rotatable bonds is 3. The number of nitrogens with one attached hydrogen (secondary N) is 1. The molecule has 6 heteroatoms. The quantitative estimate of drug-likeness (QED) is 0.437. The Hall–Kier alpha value is -0.400. The highest BCUT2D eigenvalue weighted by atomic mass is 79.9. The maximum atomic E-state index is 6.00. The third-order valence-corrected chi connectivity index (χ3v) is 4.86. The van der Waals surface area contributed by atoms with Gasteiger partial charge in [-0.15, -0.1) is 11.3 Å². The van der Waals surface area contributed by atoms with Crippen molar-refractivity contribution in [3.05, 3.63) is 49.0 Å². The number of halogens is 2. The van der Waals surface area contributed by atoms with Gasteiger partial charge in [-0.3, -0.25) is 5.84 Å². The summed E-state index contributed by atoms with van der Waals surface area (Å²) in [4.78, 5) is 1.11. The molecule has 1 heterocycles. The van der Waals surface area contributed by atoms with Crippen LogP contribution in [0, 0.1) is 0 Å². The Kier molecular flexibility index (Phi) is 4.22. The monoisotopic (exact) mass is 375 g/mol. The minimum absolute atomic E-state index is 0.109. The van der Waals surface area contributed by atoms with Crippen LogP contribution in [0.25, 0.3) is 0 Å². The first kappa shape index (κ1) is 13.0. The van der Waals surface area contributed by atoms with Gasteiger partial charge in [0.05, 0.1) is 6.04 Å². The molecule has 0 spiro atoms. The topological polar surface area (TPSA) is 64.1 Å². The van der Waals surface area contributed by atoms with E-state index < -0.39 is 0 Å². The lowest BCUT2D eigenvalue weighted by Gasteiger charge is -2.18. The average molecular weight is 377 g/mol. The van der Waals surface area contributed by atoms with E-state index in [4.69, 9.17) is 11.6 Å². The van der Waals surface area contributed by atoms with E-state index in [1.54, 1.807) is 11.3 Å². The first-order valence-corrected chi connectivity index (χ1v) is 7.34. The largest absolute Gasteiger partial charge is 0.398 e. The molecule has 2 aromatic rings. The molecule has 0 radical (unpaired) electrons. The smallest absolute Gasteiger partial charge is 0.0834 e. The van der Waals surface area contributed by atoms with Crippen LogP contribution in [0.1, 0.15) is 16.5 Å². The highest BCUT2D eigenvalue weighted by Crippen LogP contribution is 2.35. The van der Waals surface area contributed by atoms with Gasteiger partial charge < -0.3 is 5.73 Å². The third kappa shape index (κ3) is 2.71. The van der Waals surface area contributed by atoms with Crippen LogP contribution in [0.5, 0.6) is 0 Å². The predicted octanol–water partition coefficient (Wildman–Crippen LogP) is 3.41. The fraction of sp³-hybridized carbons (Fsp3) is 0.0909. The first-order chi connectivity index (χ1) is 8.13. The molecule has 1 unspecified atom stereocenters. The molecule has 17 heavy (non-hydrogen) atoms. The number of nitrogens with two attached hydrogens (primary N) is 2. The highest BCUT2D eigenvalue weighted by molar-refractivity contribution is 9.10. The van der Waals surface area contributed by atoms with Crippen LogP contribution in [-0.4, -0.2) is 0 Å². The zero-order valence-corrected chi connectivity index (χ0v) is 12.8. The molecule has 2 rings (SSSR count). The van der Waals surface area contributed by atoms with Crippen molar-refractivity contribution in [2.45, 2.75) is 6.04 Å². The molecule has 0 aliphatic carbocycles. The van der Waals surface area contributed by atoms with E-state index >= 15 is 0 Å². The Bertz CT molecular complexity index is 527. The first-order valence-electron chi connectivity index (χ1n) is 4.87. The van der Waals surface area contributed by atoms with Crippen LogP contribution in [0.2, 0.25) is 0 Å². The van der Waals surface area contributed by atoms with Gasteiger partial charge in [-0.1, -0.05) is 15.9 Å². The van der Waals surface area contributed by atoms with Crippen molar-refractivity contribution in [3.63, 3.8) is 0 Å². The van der Waals surface area contributed by atoms with Gasteiger partial charge in [-0.25, -0.2) is 5.43 Å². The highest BCUT2D eigenvalue weighted by Gasteiger charge is 2.19. The second-order valence-corrected chi connectivity index (χ2v) is 6.22. The van der Waals surface area contributed by atoms with Gasteiger partial charge in [0, 0.05) is 19.5 Å². The number of benzene rings is 1. The van der Waals surface area contributed by atoms with Gasteiger partial charge in [0.1, 0.15) is 0 Å².